The van der Waals surface area contributed by atoms with Crippen LogP contribution in [-0.2, 0) is 12.8 Å². The average Bonchev–Trinajstić information content (AvgIpc) is 3.91. The molecule has 0 heteroatoms. The third-order valence-electron chi connectivity index (χ3n) is 13.1. The van der Waals surface area contributed by atoms with Crippen LogP contribution in [0.3, 0.4) is 0 Å². The van der Waals surface area contributed by atoms with Crippen molar-refractivity contribution in [2.45, 2.75) is 74.1 Å². The van der Waals surface area contributed by atoms with E-state index < -0.39 is 0 Å². The Morgan fingerprint density at radius 2 is 1.35 bits per heavy atom. The molecular formula is C69H66. The Kier molecular flexibility index (Phi) is 16.6. The van der Waals surface area contributed by atoms with E-state index in [-0.39, 0.29) is 0 Å². The van der Waals surface area contributed by atoms with Crippen molar-refractivity contribution < 1.29 is 0 Å². The number of terminal acetylenes is 1. The first-order valence-electron chi connectivity index (χ1n) is 24.8. The van der Waals surface area contributed by atoms with Gasteiger partial charge in [-0.25, -0.2) is 0 Å². The summed E-state index contributed by atoms with van der Waals surface area (Å²) in [6.45, 7) is 23.8. The summed E-state index contributed by atoms with van der Waals surface area (Å²) < 4.78 is 0. The van der Waals surface area contributed by atoms with Crippen molar-refractivity contribution in [3.63, 3.8) is 0 Å². The van der Waals surface area contributed by atoms with Crippen LogP contribution in [0.15, 0.2) is 212 Å². The van der Waals surface area contributed by atoms with E-state index in [1.807, 2.05) is 46.8 Å². The molecule has 0 heterocycles. The van der Waals surface area contributed by atoms with Crippen LogP contribution in [0.1, 0.15) is 98.9 Å². The van der Waals surface area contributed by atoms with Gasteiger partial charge in [-0.3, -0.25) is 0 Å². The SMILES string of the molecule is C#CCc1ccccc1/C=C(C)/C(=C/C(=C)c1cc2c(c3ccccc13)C=CCC2)c1ccc2c(C3=CC=C(C(=C)/C=C\C=C/C)C3)cc(-c3ccc(-c4ccccc4)cc3)cc2c1C.CC.CC. The van der Waals surface area contributed by atoms with Crippen LogP contribution in [0.2, 0.25) is 0 Å². The second kappa shape index (κ2) is 23.3. The minimum Gasteiger partial charge on any atom is -0.120 e. The molecule has 0 amide bonds. The number of allylic oxidation sites excluding steroid dienone is 14. The van der Waals surface area contributed by atoms with Gasteiger partial charge in [0.1, 0.15) is 0 Å². The summed E-state index contributed by atoms with van der Waals surface area (Å²) >= 11 is 0. The van der Waals surface area contributed by atoms with Crippen LogP contribution in [0, 0.1) is 19.3 Å². The van der Waals surface area contributed by atoms with Crippen molar-refractivity contribution in [2.24, 2.45) is 0 Å². The Morgan fingerprint density at radius 1 is 0.667 bits per heavy atom. The fourth-order valence-corrected chi connectivity index (χ4v) is 9.59. The molecule has 0 fully saturated rings. The first-order chi connectivity index (χ1) is 33.8. The minimum absolute atomic E-state index is 0.569. The smallest absolute Gasteiger partial charge is 0.0343 e. The number of benzene rings is 7. The van der Waals surface area contributed by atoms with Crippen molar-refractivity contribution in [1.29, 1.82) is 0 Å². The third kappa shape index (κ3) is 10.9. The molecule has 2 aliphatic carbocycles. The highest BCUT2D eigenvalue weighted by atomic mass is 14.2. The van der Waals surface area contributed by atoms with E-state index >= 15 is 0 Å². The molecule has 0 radical (unpaired) electrons. The second-order valence-electron chi connectivity index (χ2n) is 17.2. The van der Waals surface area contributed by atoms with E-state index in [2.05, 4.69) is 208 Å². The van der Waals surface area contributed by atoms with E-state index in [1.54, 1.807) is 0 Å². The standard InChI is InChI=1S/C65H54.2C2H6/c1-7-9-11-21-44(3)52-34-35-55(40-52)65-43-56(51-32-30-50(31-33-51)49-22-12-10-13-23-49)42-64-47(6)57(36-37-61(64)65)62(45(4)38-53-25-15-14-24-48(53)20-8-2)39-46(5)63-41-54-26-16-17-27-58(54)59-28-18-19-29-60(59)63;2*1-2/h2,7,9-15,17-19,21-25,27-39,41-43H,3,5,16,20,26,40H2,1,4,6H3;2*1-2H3/b9-7-,21-11-,45-38+,62-39-;;. The number of fused-ring (bicyclic) bond motifs is 4. The molecule has 9 rings (SSSR count). The predicted molar refractivity (Wildman–Crippen MR) is 307 cm³/mol. The summed E-state index contributed by atoms with van der Waals surface area (Å²) in [5, 5.41) is 4.96. The van der Waals surface area contributed by atoms with Crippen LogP contribution < -0.4 is 0 Å². The quantitative estimate of drug-likeness (QED) is 0.0847. The van der Waals surface area contributed by atoms with E-state index in [9.17, 15) is 0 Å². The van der Waals surface area contributed by atoms with Gasteiger partial charge in [-0.15, -0.1) is 12.3 Å². The van der Waals surface area contributed by atoms with Crippen molar-refractivity contribution >= 4 is 50.4 Å². The van der Waals surface area contributed by atoms with Gasteiger partial charge < -0.3 is 0 Å². The molecule has 0 aromatic heterocycles. The van der Waals surface area contributed by atoms with Crippen molar-refractivity contribution in [3.8, 4) is 34.6 Å². The van der Waals surface area contributed by atoms with Gasteiger partial charge in [0.05, 0.1) is 0 Å². The molecule has 0 aliphatic heterocycles. The first-order valence-corrected chi connectivity index (χ1v) is 24.8. The lowest BCUT2D eigenvalue weighted by Crippen LogP contribution is -1.99. The largest absolute Gasteiger partial charge is 0.120 e. The van der Waals surface area contributed by atoms with Crippen molar-refractivity contribution in [2.75, 3.05) is 0 Å². The van der Waals surface area contributed by atoms with Crippen molar-refractivity contribution in [3.05, 3.63) is 256 Å². The maximum atomic E-state index is 5.89. The zero-order valence-electron chi connectivity index (χ0n) is 41.8. The lowest BCUT2D eigenvalue weighted by molar-refractivity contribution is 0.989. The zero-order chi connectivity index (χ0) is 48.9. The van der Waals surface area contributed by atoms with Gasteiger partial charge in [-0.2, -0.15) is 0 Å². The van der Waals surface area contributed by atoms with E-state index in [0.717, 1.165) is 52.7 Å². The van der Waals surface area contributed by atoms with Crippen molar-refractivity contribution in [1.82, 2.24) is 0 Å². The van der Waals surface area contributed by atoms with E-state index in [0.29, 0.717) is 6.42 Å². The molecular weight excluding hydrogens is 829 g/mol. The highest BCUT2D eigenvalue weighted by Gasteiger charge is 2.20. The summed E-state index contributed by atoms with van der Waals surface area (Å²) in [6.07, 6.45) is 31.4. The summed E-state index contributed by atoms with van der Waals surface area (Å²) in [5.74, 6) is 2.88. The first kappa shape index (κ1) is 49.2. The summed E-state index contributed by atoms with van der Waals surface area (Å²) in [4.78, 5) is 0. The Morgan fingerprint density at radius 3 is 2.09 bits per heavy atom. The minimum atomic E-state index is 0.569. The Balaban J connectivity index is 0.00000171. The number of aryl methyl sites for hydroxylation is 2. The molecule has 7 aromatic carbocycles. The lowest BCUT2D eigenvalue weighted by atomic mass is 9.84. The number of hydrogen-bond acceptors (Lipinski definition) is 0. The Hall–Kier alpha value is -7.72. The van der Waals surface area contributed by atoms with Crippen LogP contribution in [-0.4, -0.2) is 0 Å². The molecule has 2 aliphatic rings. The van der Waals surface area contributed by atoms with Gasteiger partial charge in [-0.05, 0) is 186 Å². The summed E-state index contributed by atoms with van der Waals surface area (Å²) in [5.41, 5.74) is 21.4. The van der Waals surface area contributed by atoms with Gasteiger partial charge >= 0.3 is 0 Å². The zero-order valence-corrected chi connectivity index (χ0v) is 41.8. The van der Waals surface area contributed by atoms with Gasteiger partial charge in [0.15, 0.2) is 0 Å². The third-order valence-corrected chi connectivity index (χ3v) is 13.1. The monoisotopic (exact) mass is 895 g/mol. The molecule has 0 saturated heterocycles. The van der Waals surface area contributed by atoms with E-state index in [1.165, 1.54) is 88.3 Å². The molecule has 342 valence electrons. The molecule has 0 nitrogen and oxygen atoms in total. The molecule has 0 spiro atoms. The van der Waals surface area contributed by atoms with Crippen LogP contribution in [0.4, 0.5) is 0 Å². The average molecular weight is 895 g/mol. The Labute approximate surface area is 413 Å². The molecule has 0 atom stereocenters. The molecule has 0 unspecified atom stereocenters. The molecule has 7 aromatic rings. The molecule has 69 heavy (non-hydrogen) atoms. The highest BCUT2D eigenvalue weighted by Crippen LogP contribution is 2.43. The van der Waals surface area contributed by atoms with Gasteiger partial charge in [0.2, 0.25) is 0 Å². The maximum absolute atomic E-state index is 5.89. The normalized spacial score (nSPS) is 13.3. The van der Waals surface area contributed by atoms with Crippen LogP contribution >= 0.6 is 0 Å². The predicted octanol–water partition coefficient (Wildman–Crippen LogP) is 19.4. The van der Waals surface area contributed by atoms with E-state index in [4.69, 9.17) is 13.0 Å². The van der Waals surface area contributed by atoms with Gasteiger partial charge in [0, 0.05) is 6.42 Å². The van der Waals surface area contributed by atoms with Gasteiger partial charge in [-0.1, -0.05) is 211 Å². The Bertz CT molecular complexity index is 3280. The second-order valence-corrected chi connectivity index (χ2v) is 17.2. The molecule has 0 bridgehead atoms. The molecule has 0 N–H and O–H groups in total. The summed E-state index contributed by atoms with van der Waals surface area (Å²) in [7, 11) is 0. The summed E-state index contributed by atoms with van der Waals surface area (Å²) in [6, 6.07) is 48.7. The van der Waals surface area contributed by atoms with Crippen LogP contribution in [0.25, 0.3) is 72.7 Å². The maximum Gasteiger partial charge on any atom is 0.0343 e. The van der Waals surface area contributed by atoms with Crippen LogP contribution in [0.5, 0.6) is 0 Å². The van der Waals surface area contributed by atoms with Gasteiger partial charge in [0.25, 0.3) is 0 Å². The highest BCUT2D eigenvalue weighted by molar-refractivity contribution is 6.06. The molecule has 0 saturated carbocycles. The number of rotatable bonds is 12. The number of hydrogen-bond donors (Lipinski definition) is 0. The lowest BCUT2D eigenvalue weighted by Gasteiger charge is -2.20. The topological polar surface area (TPSA) is 0 Å². The fourth-order valence-electron chi connectivity index (χ4n) is 9.59. The fraction of sp³-hybridized carbons (Fsp3) is 0.159.